The Morgan fingerprint density at radius 2 is 1.52 bits per heavy atom. The number of sulfone groups is 1. The first-order chi connectivity index (χ1) is 10.9. The van der Waals surface area contributed by atoms with Crippen LogP contribution in [0.4, 0.5) is 0 Å². The standard InChI is InChI=1S/C17H15NO4S/c1-23(21,22)15-13-9-5-6-10-14(13)16(19)18(17(15)20)11-12-7-3-2-4-8-12/h2-10,20H,11H2,1H3. The van der Waals surface area contributed by atoms with E-state index in [4.69, 9.17) is 0 Å². The van der Waals surface area contributed by atoms with Crippen molar-refractivity contribution in [3.8, 4) is 5.88 Å². The Labute approximate surface area is 133 Å². The van der Waals surface area contributed by atoms with Crippen molar-refractivity contribution in [1.82, 2.24) is 4.57 Å². The summed E-state index contributed by atoms with van der Waals surface area (Å²) < 4.78 is 25.3. The zero-order valence-electron chi connectivity index (χ0n) is 12.4. The highest BCUT2D eigenvalue weighted by Gasteiger charge is 2.23. The fourth-order valence-corrected chi connectivity index (χ4v) is 3.65. The van der Waals surface area contributed by atoms with Crippen LogP contribution in [-0.4, -0.2) is 24.3 Å². The normalized spacial score (nSPS) is 11.7. The highest BCUT2D eigenvalue weighted by molar-refractivity contribution is 7.91. The van der Waals surface area contributed by atoms with Gasteiger partial charge in [0.1, 0.15) is 4.90 Å². The van der Waals surface area contributed by atoms with Crippen LogP contribution < -0.4 is 5.56 Å². The van der Waals surface area contributed by atoms with Gasteiger partial charge in [0.05, 0.1) is 6.54 Å². The van der Waals surface area contributed by atoms with Crippen LogP contribution in [0.25, 0.3) is 10.8 Å². The van der Waals surface area contributed by atoms with Crippen molar-refractivity contribution >= 4 is 20.6 Å². The third-order valence-electron chi connectivity index (χ3n) is 3.66. The van der Waals surface area contributed by atoms with Crippen LogP contribution in [0.15, 0.2) is 64.3 Å². The molecule has 1 heterocycles. The third kappa shape index (κ3) is 2.73. The second-order valence-electron chi connectivity index (χ2n) is 5.35. The highest BCUT2D eigenvalue weighted by atomic mass is 32.2. The van der Waals surface area contributed by atoms with Crippen molar-refractivity contribution in [2.24, 2.45) is 0 Å². The average Bonchev–Trinajstić information content (AvgIpc) is 2.51. The number of rotatable bonds is 3. The Hall–Kier alpha value is -2.60. The van der Waals surface area contributed by atoms with E-state index in [-0.39, 0.29) is 22.2 Å². The molecule has 0 fully saturated rings. The molecule has 0 aliphatic heterocycles. The molecule has 0 bridgehead atoms. The molecule has 3 rings (SSSR count). The maximum Gasteiger partial charge on any atom is 0.261 e. The average molecular weight is 329 g/mol. The van der Waals surface area contributed by atoms with Crippen molar-refractivity contribution in [2.45, 2.75) is 11.4 Å². The predicted octanol–water partition coefficient (Wildman–Crippen LogP) is 2.16. The SMILES string of the molecule is CS(=O)(=O)c1c(O)n(Cc2ccccc2)c(=O)c2ccccc12. The molecule has 1 aromatic heterocycles. The van der Waals surface area contributed by atoms with Gasteiger partial charge in [-0.15, -0.1) is 0 Å². The van der Waals surface area contributed by atoms with Crippen molar-refractivity contribution in [3.05, 3.63) is 70.5 Å². The fraction of sp³-hybridized carbons (Fsp3) is 0.118. The molecule has 0 aliphatic rings. The summed E-state index contributed by atoms with van der Waals surface area (Å²) in [6, 6.07) is 15.5. The Bertz CT molecular complexity index is 1040. The summed E-state index contributed by atoms with van der Waals surface area (Å²) in [4.78, 5) is 12.4. The van der Waals surface area contributed by atoms with Crippen LogP contribution >= 0.6 is 0 Å². The molecular formula is C17H15NO4S. The summed E-state index contributed by atoms with van der Waals surface area (Å²) in [5.41, 5.74) is 0.369. The monoisotopic (exact) mass is 329 g/mol. The van der Waals surface area contributed by atoms with Crippen molar-refractivity contribution in [3.63, 3.8) is 0 Å². The topological polar surface area (TPSA) is 76.4 Å². The van der Waals surface area contributed by atoms with Gasteiger partial charge in [0.2, 0.25) is 5.88 Å². The van der Waals surface area contributed by atoms with E-state index < -0.39 is 21.3 Å². The molecule has 0 saturated carbocycles. The van der Waals surface area contributed by atoms with E-state index >= 15 is 0 Å². The van der Waals surface area contributed by atoms with E-state index in [0.29, 0.717) is 0 Å². The quantitative estimate of drug-likeness (QED) is 0.799. The lowest BCUT2D eigenvalue weighted by Crippen LogP contribution is -2.23. The summed E-state index contributed by atoms with van der Waals surface area (Å²) in [6.07, 6.45) is 1.02. The zero-order valence-corrected chi connectivity index (χ0v) is 13.2. The van der Waals surface area contributed by atoms with Gasteiger partial charge in [-0.3, -0.25) is 9.36 Å². The molecule has 5 nitrogen and oxygen atoms in total. The van der Waals surface area contributed by atoms with Gasteiger partial charge in [-0.05, 0) is 11.6 Å². The maximum absolute atomic E-state index is 12.6. The second kappa shape index (κ2) is 5.55. The zero-order chi connectivity index (χ0) is 16.6. The molecule has 2 aromatic carbocycles. The number of aromatic hydroxyl groups is 1. The number of hydrogen-bond acceptors (Lipinski definition) is 4. The molecule has 6 heteroatoms. The third-order valence-corrected chi connectivity index (χ3v) is 4.80. The van der Waals surface area contributed by atoms with E-state index in [2.05, 4.69) is 0 Å². The summed E-state index contributed by atoms with van der Waals surface area (Å²) in [6.45, 7) is 0.0961. The predicted molar refractivity (Wildman–Crippen MR) is 88.5 cm³/mol. The van der Waals surface area contributed by atoms with Gasteiger partial charge < -0.3 is 5.11 Å². The Kier molecular flexibility index (Phi) is 3.69. The number of fused-ring (bicyclic) bond motifs is 1. The molecule has 0 saturated heterocycles. The number of benzene rings is 2. The highest BCUT2D eigenvalue weighted by Crippen LogP contribution is 2.29. The Balaban J connectivity index is 2.37. The Morgan fingerprint density at radius 3 is 2.13 bits per heavy atom. The minimum absolute atomic E-state index is 0.0961. The van der Waals surface area contributed by atoms with Crippen LogP contribution in [0, 0.1) is 0 Å². The van der Waals surface area contributed by atoms with Crippen molar-refractivity contribution in [2.75, 3.05) is 6.26 Å². The van der Waals surface area contributed by atoms with Gasteiger partial charge in [-0.1, -0.05) is 48.5 Å². The van der Waals surface area contributed by atoms with E-state index in [0.717, 1.165) is 16.4 Å². The molecule has 118 valence electrons. The van der Waals surface area contributed by atoms with Crippen LogP contribution in [0.2, 0.25) is 0 Å². The van der Waals surface area contributed by atoms with Crippen molar-refractivity contribution < 1.29 is 13.5 Å². The summed E-state index contributed by atoms with van der Waals surface area (Å²) in [5, 5.41) is 11.0. The first kappa shape index (κ1) is 15.3. The fourth-order valence-electron chi connectivity index (χ4n) is 2.63. The lowest BCUT2D eigenvalue weighted by atomic mass is 10.1. The summed E-state index contributed by atoms with van der Waals surface area (Å²) >= 11 is 0. The first-order valence-corrected chi connectivity index (χ1v) is 8.87. The number of hydrogen-bond donors (Lipinski definition) is 1. The van der Waals surface area contributed by atoms with E-state index in [1.165, 1.54) is 6.07 Å². The molecule has 0 amide bonds. The lowest BCUT2D eigenvalue weighted by Gasteiger charge is -2.14. The van der Waals surface area contributed by atoms with E-state index in [1.54, 1.807) is 30.3 Å². The van der Waals surface area contributed by atoms with Crippen molar-refractivity contribution in [1.29, 1.82) is 0 Å². The van der Waals surface area contributed by atoms with E-state index in [1.807, 2.05) is 18.2 Å². The van der Waals surface area contributed by atoms with Crippen LogP contribution in [0.5, 0.6) is 5.88 Å². The maximum atomic E-state index is 12.6. The lowest BCUT2D eigenvalue weighted by molar-refractivity contribution is 0.401. The largest absolute Gasteiger partial charge is 0.493 e. The number of nitrogens with zero attached hydrogens (tertiary/aromatic N) is 1. The smallest absolute Gasteiger partial charge is 0.261 e. The van der Waals surface area contributed by atoms with Gasteiger partial charge in [0.25, 0.3) is 5.56 Å². The van der Waals surface area contributed by atoms with Crippen LogP contribution in [-0.2, 0) is 16.4 Å². The summed E-state index contributed by atoms with van der Waals surface area (Å²) in [5.74, 6) is -0.528. The minimum atomic E-state index is -3.70. The minimum Gasteiger partial charge on any atom is -0.493 e. The first-order valence-electron chi connectivity index (χ1n) is 6.98. The number of pyridine rings is 1. The number of aromatic nitrogens is 1. The molecule has 3 aromatic rings. The summed E-state index contributed by atoms with van der Waals surface area (Å²) in [7, 11) is -3.70. The van der Waals surface area contributed by atoms with Gasteiger partial charge in [-0.25, -0.2) is 8.42 Å². The van der Waals surface area contributed by atoms with Gasteiger partial charge in [0, 0.05) is 17.0 Å². The van der Waals surface area contributed by atoms with Gasteiger partial charge >= 0.3 is 0 Å². The van der Waals surface area contributed by atoms with Crippen LogP contribution in [0.1, 0.15) is 5.56 Å². The Morgan fingerprint density at radius 1 is 0.957 bits per heavy atom. The van der Waals surface area contributed by atoms with Gasteiger partial charge in [0.15, 0.2) is 9.84 Å². The molecule has 23 heavy (non-hydrogen) atoms. The molecular weight excluding hydrogens is 314 g/mol. The molecule has 0 radical (unpaired) electrons. The molecule has 0 aliphatic carbocycles. The van der Waals surface area contributed by atoms with Crippen LogP contribution in [0.3, 0.4) is 0 Å². The molecule has 1 N–H and O–H groups in total. The molecule has 0 unspecified atom stereocenters. The molecule has 0 spiro atoms. The second-order valence-corrected chi connectivity index (χ2v) is 7.30. The van der Waals surface area contributed by atoms with E-state index in [9.17, 15) is 18.3 Å². The van der Waals surface area contributed by atoms with Gasteiger partial charge in [-0.2, -0.15) is 0 Å². The molecule has 0 atom stereocenters.